The van der Waals surface area contributed by atoms with Crippen LogP contribution in [0.25, 0.3) is 0 Å². The number of carbonyl (C=O) groups is 1. The van der Waals surface area contributed by atoms with Crippen LogP contribution in [-0.2, 0) is 0 Å². The Labute approximate surface area is 90.3 Å². The van der Waals surface area contributed by atoms with Crippen molar-refractivity contribution < 1.29 is 9.18 Å². The van der Waals surface area contributed by atoms with Crippen molar-refractivity contribution in [1.29, 1.82) is 0 Å². The quantitative estimate of drug-likeness (QED) is 0.693. The van der Waals surface area contributed by atoms with Crippen molar-refractivity contribution in [3.8, 4) is 0 Å². The maximum atomic E-state index is 13.3. The van der Waals surface area contributed by atoms with Gasteiger partial charge in [0.1, 0.15) is 5.82 Å². The van der Waals surface area contributed by atoms with Gasteiger partial charge in [-0.3, -0.25) is 4.79 Å². The average molecular weight is 208 g/mol. The second kappa shape index (κ2) is 4.56. The summed E-state index contributed by atoms with van der Waals surface area (Å²) in [6, 6.07) is 4.67. The van der Waals surface area contributed by atoms with Crippen LogP contribution in [0.2, 0.25) is 0 Å². The van der Waals surface area contributed by atoms with Gasteiger partial charge in [0.05, 0.1) is 0 Å². The number of benzene rings is 1. The van der Waals surface area contributed by atoms with Crippen molar-refractivity contribution >= 4 is 5.78 Å². The van der Waals surface area contributed by atoms with Crippen molar-refractivity contribution in [3.63, 3.8) is 0 Å². The molecule has 0 bridgehead atoms. The van der Waals surface area contributed by atoms with Gasteiger partial charge in [-0.05, 0) is 24.5 Å². The van der Waals surface area contributed by atoms with Gasteiger partial charge in [-0.2, -0.15) is 0 Å². The molecule has 1 aromatic rings. The molecule has 2 heteroatoms. The Kier molecular flexibility index (Phi) is 3.61. The molecule has 1 nitrogen and oxygen atoms in total. The fraction of sp³-hybridized carbons (Fsp3) is 0.462. The van der Waals surface area contributed by atoms with Crippen molar-refractivity contribution in [2.75, 3.05) is 0 Å². The zero-order valence-electron chi connectivity index (χ0n) is 9.67. The molecule has 1 rings (SSSR count). The summed E-state index contributed by atoms with van der Waals surface area (Å²) in [5, 5.41) is 0. The first-order valence-electron chi connectivity index (χ1n) is 5.24. The Bertz CT molecular complexity index is 369. The van der Waals surface area contributed by atoms with Crippen LogP contribution in [0.4, 0.5) is 4.39 Å². The Morgan fingerprint density at radius 1 is 1.27 bits per heavy atom. The van der Waals surface area contributed by atoms with E-state index in [1.807, 2.05) is 20.8 Å². The van der Waals surface area contributed by atoms with Crippen LogP contribution >= 0.6 is 0 Å². The fourth-order valence-corrected chi connectivity index (χ4v) is 1.31. The molecular formula is C13H17FO. The number of aryl methyl sites for hydroxylation is 1. The maximum Gasteiger partial charge on any atom is 0.166 e. The lowest BCUT2D eigenvalue weighted by Gasteiger charge is -2.14. The minimum atomic E-state index is -0.309. The van der Waals surface area contributed by atoms with Gasteiger partial charge in [0.25, 0.3) is 0 Å². The Balaban J connectivity index is 2.97. The third-order valence-electron chi connectivity index (χ3n) is 2.87. The average Bonchev–Trinajstić information content (AvgIpc) is 2.19. The first-order valence-corrected chi connectivity index (χ1v) is 5.24. The van der Waals surface area contributed by atoms with E-state index in [1.165, 1.54) is 6.07 Å². The second-order valence-electron chi connectivity index (χ2n) is 4.36. The van der Waals surface area contributed by atoms with E-state index < -0.39 is 0 Å². The monoisotopic (exact) mass is 208 g/mol. The number of hydrogen-bond acceptors (Lipinski definition) is 1. The van der Waals surface area contributed by atoms with Crippen LogP contribution in [0.5, 0.6) is 0 Å². The molecule has 1 unspecified atom stereocenters. The molecule has 0 aliphatic carbocycles. The predicted octanol–water partition coefficient (Wildman–Crippen LogP) is 3.61. The van der Waals surface area contributed by atoms with Crippen LogP contribution < -0.4 is 0 Å². The summed E-state index contributed by atoms with van der Waals surface area (Å²) in [5.74, 6) is -0.0744. The highest BCUT2D eigenvalue weighted by atomic mass is 19.1. The Hall–Kier alpha value is -1.18. The van der Waals surface area contributed by atoms with Gasteiger partial charge >= 0.3 is 0 Å². The highest BCUT2D eigenvalue weighted by molar-refractivity contribution is 5.97. The fourth-order valence-electron chi connectivity index (χ4n) is 1.31. The molecule has 0 aromatic heterocycles. The zero-order valence-corrected chi connectivity index (χ0v) is 9.67. The molecule has 0 fully saturated rings. The van der Waals surface area contributed by atoms with E-state index in [9.17, 15) is 9.18 Å². The van der Waals surface area contributed by atoms with Gasteiger partial charge < -0.3 is 0 Å². The van der Waals surface area contributed by atoms with Gasteiger partial charge in [-0.25, -0.2) is 4.39 Å². The zero-order chi connectivity index (χ0) is 11.6. The van der Waals surface area contributed by atoms with E-state index >= 15 is 0 Å². The summed E-state index contributed by atoms with van der Waals surface area (Å²) in [7, 11) is 0. The largest absolute Gasteiger partial charge is 0.294 e. The molecule has 0 aliphatic rings. The molecule has 0 saturated carbocycles. The van der Waals surface area contributed by atoms with E-state index in [0.29, 0.717) is 11.1 Å². The minimum absolute atomic E-state index is 0.0175. The second-order valence-corrected chi connectivity index (χ2v) is 4.36. The standard InChI is InChI=1S/C13H17FO/c1-8(2)10(4)13(15)11-6-5-9(3)12(14)7-11/h5-8,10H,1-4H3. The van der Waals surface area contributed by atoms with E-state index in [4.69, 9.17) is 0 Å². The summed E-state index contributed by atoms with van der Waals surface area (Å²) in [5.41, 5.74) is 1.04. The summed E-state index contributed by atoms with van der Waals surface area (Å²) >= 11 is 0. The van der Waals surface area contributed by atoms with Crippen LogP contribution in [0.1, 0.15) is 36.7 Å². The summed E-state index contributed by atoms with van der Waals surface area (Å²) in [6.45, 7) is 7.56. The molecular weight excluding hydrogens is 191 g/mol. The predicted molar refractivity (Wildman–Crippen MR) is 59.5 cm³/mol. The number of rotatable bonds is 3. The summed E-state index contributed by atoms with van der Waals surface area (Å²) in [4.78, 5) is 11.9. The number of halogens is 1. The molecule has 0 amide bonds. The molecule has 1 atom stereocenters. The van der Waals surface area contributed by atoms with Gasteiger partial charge in [0, 0.05) is 11.5 Å². The smallest absolute Gasteiger partial charge is 0.166 e. The normalized spacial score (nSPS) is 12.9. The Morgan fingerprint density at radius 3 is 2.33 bits per heavy atom. The maximum absolute atomic E-state index is 13.3. The van der Waals surface area contributed by atoms with Crippen LogP contribution in [-0.4, -0.2) is 5.78 Å². The van der Waals surface area contributed by atoms with Gasteiger partial charge in [-0.15, -0.1) is 0 Å². The molecule has 0 saturated heterocycles. The first kappa shape index (κ1) is 11.9. The van der Waals surface area contributed by atoms with Crippen molar-refractivity contribution in [2.45, 2.75) is 27.7 Å². The topological polar surface area (TPSA) is 17.1 Å². The third kappa shape index (κ3) is 2.65. The number of carbonyl (C=O) groups excluding carboxylic acids is 1. The SMILES string of the molecule is Cc1ccc(C(=O)C(C)C(C)C)cc1F. The van der Waals surface area contributed by atoms with E-state index in [1.54, 1.807) is 19.1 Å². The number of hydrogen-bond donors (Lipinski definition) is 0. The molecule has 1 aromatic carbocycles. The number of ketones is 1. The highest BCUT2D eigenvalue weighted by Gasteiger charge is 2.18. The molecule has 0 N–H and O–H groups in total. The Morgan fingerprint density at radius 2 is 1.87 bits per heavy atom. The lowest BCUT2D eigenvalue weighted by Crippen LogP contribution is -2.17. The van der Waals surface area contributed by atoms with Gasteiger partial charge in [-0.1, -0.05) is 32.9 Å². The van der Waals surface area contributed by atoms with Crippen LogP contribution in [0.3, 0.4) is 0 Å². The summed E-state index contributed by atoms with van der Waals surface area (Å²) in [6.07, 6.45) is 0. The number of Topliss-reactive ketones (excluding diaryl/α,β-unsaturated/α-hetero) is 1. The molecule has 0 spiro atoms. The molecule has 0 aliphatic heterocycles. The molecule has 82 valence electrons. The molecule has 15 heavy (non-hydrogen) atoms. The first-order chi connectivity index (χ1) is 6.93. The minimum Gasteiger partial charge on any atom is -0.294 e. The van der Waals surface area contributed by atoms with Gasteiger partial charge in [0.15, 0.2) is 5.78 Å². The van der Waals surface area contributed by atoms with E-state index in [-0.39, 0.29) is 23.4 Å². The van der Waals surface area contributed by atoms with Crippen molar-refractivity contribution in [1.82, 2.24) is 0 Å². The highest BCUT2D eigenvalue weighted by Crippen LogP contribution is 2.18. The van der Waals surface area contributed by atoms with Crippen molar-refractivity contribution in [2.24, 2.45) is 11.8 Å². The van der Waals surface area contributed by atoms with Crippen LogP contribution in [0.15, 0.2) is 18.2 Å². The van der Waals surface area contributed by atoms with Gasteiger partial charge in [0.2, 0.25) is 0 Å². The third-order valence-corrected chi connectivity index (χ3v) is 2.87. The lowest BCUT2D eigenvalue weighted by atomic mass is 9.89. The lowest BCUT2D eigenvalue weighted by molar-refractivity contribution is 0.0899. The van der Waals surface area contributed by atoms with Crippen LogP contribution in [0, 0.1) is 24.6 Å². The summed E-state index contributed by atoms with van der Waals surface area (Å²) < 4.78 is 13.3. The van der Waals surface area contributed by atoms with Crippen molar-refractivity contribution in [3.05, 3.63) is 35.1 Å². The van der Waals surface area contributed by atoms with E-state index in [0.717, 1.165) is 0 Å². The molecule has 0 radical (unpaired) electrons. The molecule has 0 heterocycles. The van der Waals surface area contributed by atoms with E-state index in [2.05, 4.69) is 0 Å².